The second kappa shape index (κ2) is 13.4. The van der Waals surface area contributed by atoms with E-state index in [0.717, 1.165) is 44.8 Å². The van der Waals surface area contributed by atoms with Gasteiger partial charge in [0.15, 0.2) is 5.82 Å². The number of hydrogen-bond acceptors (Lipinski definition) is 3. The van der Waals surface area contributed by atoms with Crippen molar-refractivity contribution in [3.8, 4) is 73.0 Å². The Morgan fingerprint density at radius 1 is 0.339 bits per heavy atom. The van der Waals surface area contributed by atoms with Crippen LogP contribution >= 0.6 is 0 Å². The van der Waals surface area contributed by atoms with E-state index >= 15 is 0 Å². The summed E-state index contributed by atoms with van der Waals surface area (Å²) in [4.78, 5) is 5.23. The monoisotopic (exact) mass is 788 g/mol. The summed E-state index contributed by atoms with van der Waals surface area (Å²) < 4.78 is 2.51. The Kier molecular flexibility index (Phi) is 7.49. The van der Waals surface area contributed by atoms with Crippen molar-refractivity contribution in [2.45, 2.75) is 5.41 Å². The Labute approximate surface area is 359 Å². The van der Waals surface area contributed by atoms with Gasteiger partial charge in [0, 0.05) is 27.5 Å². The van der Waals surface area contributed by atoms with Gasteiger partial charge >= 0.3 is 0 Å². The molecule has 4 nitrogen and oxygen atoms in total. The smallest absolute Gasteiger partial charge is 0.182 e. The predicted octanol–water partition coefficient (Wildman–Crippen LogP) is 14.0. The third-order valence-corrected chi connectivity index (χ3v) is 13.2. The lowest BCUT2D eigenvalue weighted by Gasteiger charge is -2.40. The van der Waals surface area contributed by atoms with Gasteiger partial charge in [-0.1, -0.05) is 206 Å². The molecule has 1 aliphatic carbocycles. The Hall–Kier alpha value is -8.21. The highest BCUT2D eigenvalue weighted by Gasteiger charge is 2.52. The summed E-state index contributed by atoms with van der Waals surface area (Å²) in [7, 11) is 0. The first kappa shape index (κ1) is 34.6. The fourth-order valence-electron chi connectivity index (χ4n) is 10.7. The van der Waals surface area contributed by atoms with E-state index in [1.165, 1.54) is 66.4 Å². The molecule has 62 heavy (non-hydrogen) atoms. The molecule has 11 aromatic rings. The zero-order valence-corrected chi connectivity index (χ0v) is 33.6. The molecule has 2 aromatic heterocycles. The quantitative estimate of drug-likeness (QED) is 0.174. The Morgan fingerprint density at radius 3 is 1.63 bits per heavy atom. The second-order valence-electron chi connectivity index (χ2n) is 16.3. The van der Waals surface area contributed by atoms with Gasteiger partial charge in [0.25, 0.3) is 0 Å². The van der Waals surface area contributed by atoms with E-state index in [-0.39, 0.29) is 0 Å². The zero-order valence-electron chi connectivity index (χ0n) is 33.6. The Bertz CT molecular complexity index is 3590. The van der Waals surface area contributed by atoms with Crippen LogP contribution in [0.1, 0.15) is 22.3 Å². The lowest BCUT2D eigenvalue weighted by atomic mass is 9.64. The highest BCUT2D eigenvalue weighted by atomic mass is 15.2. The van der Waals surface area contributed by atoms with Crippen LogP contribution < -0.4 is 0 Å². The van der Waals surface area contributed by atoms with Crippen molar-refractivity contribution in [2.75, 3.05) is 0 Å². The summed E-state index contributed by atoms with van der Waals surface area (Å²) in [6.45, 7) is 0. The number of aromatic nitrogens is 4. The lowest BCUT2D eigenvalue weighted by Crippen LogP contribution is -2.34. The van der Waals surface area contributed by atoms with E-state index < -0.39 is 5.41 Å². The summed E-state index contributed by atoms with van der Waals surface area (Å²) in [5.41, 5.74) is 19.8. The van der Waals surface area contributed by atoms with Crippen molar-refractivity contribution in [2.24, 2.45) is 0 Å². The van der Waals surface area contributed by atoms with Gasteiger partial charge in [-0.3, -0.25) is 0 Å². The molecule has 0 N–H and O–H groups in total. The molecule has 0 saturated carbocycles. The fourth-order valence-corrected chi connectivity index (χ4v) is 10.7. The molecule has 0 saturated heterocycles. The van der Waals surface area contributed by atoms with Crippen LogP contribution in [0.25, 0.3) is 94.8 Å². The van der Waals surface area contributed by atoms with Gasteiger partial charge in [-0.15, -0.1) is 10.2 Å². The number of fused-ring (bicyclic) bond motifs is 12. The van der Waals surface area contributed by atoms with Crippen molar-refractivity contribution in [1.29, 1.82) is 0 Å². The van der Waals surface area contributed by atoms with Crippen LogP contribution in [0.5, 0.6) is 0 Å². The molecule has 3 heterocycles. The zero-order chi connectivity index (χ0) is 40.8. The van der Waals surface area contributed by atoms with Crippen LogP contribution in [-0.4, -0.2) is 19.7 Å². The van der Waals surface area contributed by atoms with Crippen molar-refractivity contribution < 1.29 is 0 Å². The first-order valence-corrected chi connectivity index (χ1v) is 21.2. The number of rotatable bonds is 5. The Balaban J connectivity index is 1.09. The predicted molar refractivity (Wildman–Crippen MR) is 252 cm³/mol. The third kappa shape index (κ3) is 4.75. The summed E-state index contributed by atoms with van der Waals surface area (Å²) in [5.74, 6) is 0.595. The molecule has 288 valence electrons. The molecule has 2 aliphatic rings. The number of para-hydroxylation sites is 3. The summed E-state index contributed by atoms with van der Waals surface area (Å²) >= 11 is 0. The van der Waals surface area contributed by atoms with Gasteiger partial charge < -0.3 is 4.57 Å². The average molecular weight is 789 g/mol. The first-order chi connectivity index (χ1) is 30.8. The SMILES string of the molecule is c1ccc(-c2nnc(-c3ccccc3-c3ccccc3-c3cccc4c3C3(c5ccccc5-4)c4ccccc4-n4c5ccccc5c5cccc3c54)c(-c3ccccc3)n2)cc1. The third-order valence-electron chi connectivity index (χ3n) is 13.2. The minimum Gasteiger partial charge on any atom is -0.309 e. The number of nitrogens with zero attached hydrogens (tertiary/aromatic N) is 4. The molecule has 9 aromatic carbocycles. The molecule has 4 heteroatoms. The topological polar surface area (TPSA) is 43.6 Å². The maximum atomic E-state index is 5.23. The largest absolute Gasteiger partial charge is 0.309 e. The van der Waals surface area contributed by atoms with Gasteiger partial charge in [-0.2, -0.15) is 0 Å². The minimum absolute atomic E-state index is 0.595. The van der Waals surface area contributed by atoms with Crippen LogP contribution in [0.3, 0.4) is 0 Å². The molecule has 0 bridgehead atoms. The van der Waals surface area contributed by atoms with Crippen molar-refractivity contribution in [1.82, 2.24) is 19.7 Å². The summed E-state index contributed by atoms with van der Waals surface area (Å²) in [6.07, 6.45) is 0. The summed E-state index contributed by atoms with van der Waals surface area (Å²) in [6, 6.07) is 78.8. The number of benzene rings is 9. The number of hydrogen-bond donors (Lipinski definition) is 0. The van der Waals surface area contributed by atoms with Crippen LogP contribution in [0.4, 0.5) is 0 Å². The van der Waals surface area contributed by atoms with Crippen LogP contribution in [0.15, 0.2) is 218 Å². The van der Waals surface area contributed by atoms with Crippen LogP contribution in [-0.2, 0) is 5.41 Å². The second-order valence-corrected chi connectivity index (χ2v) is 16.3. The van der Waals surface area contributed by atoms with Crippen molar-refractivity contribution in [3.63, 3.8) is 0 Å². The minimum atomic E-state index is -0.598. The molecule has 0 fully saturated rings. The normalized spacial score (nSPS) is 14.5. The standard InChI is InChI=1S/C58H36N4/c1-3-19-37(20-4-1)54-55(60-61-57(59-54)38-21-5-2-6-22-38)46-28-10-9-25-41(46)39-23-7-8-24-40(39)44-29-17-30-45-42-26-11-13-32-48(42)58(53(44)45)49-33-14-16-36-52(49)62-51-35-15-12-27-43(51)47-31-18-34-50(58)56(47)62/h1-36H. The van der Waals surface area contributed by atoms with Gasteiger partial charge in [0.2, 0.25) is 0 Å². The maximum Gasteiger partial charge on any atom is 0.182 e. The molecule has 0 amide bonds. The summed E-state index contributed by atoms with van der Waals surface area (Å²) in [5, 5.41) is 12.3. The first-order valence-electron chi connectivity index (χ1n) is 21.2. The van der Waals surface area contributed by atoms with Crippen molar-refractivity contribution in [3.05, 3.63) is 241 Å². The van der Waals surface area contributed by atoms with E-state index in [4.69, 9.17) is 15.2 Å². The van der Waals surface area contributed by atoms with E-state index in [2.05, 4.69) is 187 Å². The van der Waals surface area contributed by atoms with Gasteiger partial charge in [-0.05, 0) is 67.8 Å². The van der Waals surface area contributed by atoms with E-state index in [0.29, 0.717) is 5.82 Å². The highest BCUT2D eigenvalue weighted by molar-refractivity contribution is 6.13. The molecular formula is C58H36N4. The van der Waals surface area contributed by atoms with Crippen LogP contribution in [0.2, 0.25) is 0 Å². The van der Waals surface area contributed by atoms with Gasteiger partial charge in [-0.25, -0.2) is 4.98 Å². The molecule has 0 radical (unpaired) electrons. The molecule has 1 aliphatic heterocycles. The highest BCUT2D eigenvalue weighted by Crippen LogP contribution is 2.63. The molecule has 13 rings (SSSR count). The average Bonchev–Trinajstić information content (AvgIpc) is 3.85. The molecule has 1 spiro atoms. The van der Waals surface area contributed by atoms with Gasteiger partial charge in [0.1, 0.15) is 11.4 Å². The lowest BCUT2D eigenvalue weighted by molar-refractivity contribution is 0.750. The van der Waals surface area contributed by atoms with E-state index in [9.17, 15) is 0 Å². The molecule has 1 unspecified atom stereocenters. The van der Waals surface area contributed by atoms with Crippen molar-refractivity contribution >= 4 is 21.8 Å². The molecule has 1 atom stereocenters. The molecular weight excluding hydrogens is 753 g/mol. The fraction of sp³-hybridized carbons (Fsp3) is 0.0172. The van der Waals surface area contributed by atoms with E-state index in [1.54, 1.807) is 0 Å². The van der Waals surface area contributed by atoms with Gasteiger partial charge in [0.05, 0.1) is 22.1 Å². The Morgan fingerprint density at radius 2 is 0.855 bits per heavy atom. The van der Waals surface area contributed by atoms with Crippen LogP contribution in [0, 0.1) is 0 Å². The van der Waals surface area contributed by atoms with E-state index in [1.807, 2.05) is 36.4 Å². The maximum absolute atomic E-state index is 5.23.